The molecule has 0 aromatic heterocycles. The summed E-state index contributed by atoms with van der Waals surface area (Å²) < 4.78 is 50.3. The van der Waals surface area contributed by atoms with Crippen molar-refractivity contribution in [2.75, 3.05) is 69.6 Å². The van der Waals surface area contributed by atoms with Gasteiger partial charge in [0.2, 0.25) is 0 Å². The second kappa shape index (κ2) is 21.1. The topological polar surface area (TPSA) is 163 Å². The molecule has 4 aromatic rings. The van der Waals surface area contributed by atoms with Crippen molar-refractivity contribution in [3.63, 3.8) is 0 Å². The minimum Gasteiger partial charge on any atom is -0.493 e. The molecule has 2 N–H and O–H groups in total. The minimum absolute atomic E-state index is 0.0566. The van der Waals surface area contributed by atoms with E-state index in [0.29, 0.717) is 60.4 Å². The number of rotatable bonds is 20. The van der Waals surface area contributed by atoms with Crippen LogP contribution in [0.2, 0.25) is 51.4 Å². The van der Waals surface area contributed by atoms with Crippen LogP contribution >= 0.6 is 0 Å². The summed E-state index contributed by atoms with van der Waals surface area (Å²) in [5.74, 6) is -0.510. The van der Waals surface area contributed by atoms with E-state index in [2.05, 4.69) is 39.3 Å². The molecule has 4 aliphatic rings. The van der Waals surface area contributed by atoms with Crippen molar-refractivity contribution in [2.45, 2.75) is 82.7 Å². The maximum absolute atomic E-state index is 14.5. The van der Waals surface area contributed by atoms with E-state index in [1.54, 1.807) is 60.9 Å². The molecular weight excluding hydrogens is 942 g/mol. The number of benzene rings is 4. The molecule has 4 aliphatic heterocycles. The smallest absolute Gasteiger partial charge is 0.260 e. The summed E-state index contributed by atoms with van der Waals surface area (Å²) >= 11 is 0. The highest BCUT2D eigenvalue weighted by Crippen LogP contribution is 2.44. The lowest BCUT2D eigenvalue weighted by molar-refractivity contribution is -0.123. The molecule has 0 spiro atoms. The van der Waals surface area contributed by atoms with Crippen LogP contribution in [-0.4, -0.2) is 116 Å². The Balaban J connectivity index is 1.01. The fourth-order valence-corrected chi connectivity index (χ4v) is 10.4. The summed E-state index contributed by atoms with van der Waals surface area (Å²) in [5.41, 5.74) is 10.9. The third-order valence-corrected chi connectivity index (χ3v) is 16.4. The number of ether oxygens (including phenoxy) is 6. The Labute approximate surface area is 416 Å². The molecule has 376 valence electrons. The van der Waals surface area contributed by atoms with E-state index < -0.39 is 34.1 Å². The molecule has 0 radical (unpaired) electrons. The number of hydrogen-bond acceptors (Lipinski definition) is 11. The normalized spacial score (nSPS) is 17.8. The largest absolute Gasteiger partial charge is 0.493 e. The number of amides is 4. The van der Waals surface area contributed by atoms with Crippen LogP contribution in [-0.2, 0) is 19.1 Å². The molecule has 18 heteroatoms. The number of nitrogen functional groups attached to an aromatic ring is 1. The van der Waals surface area contributed by atoms with Gasteiger partial charge in [0.1, 0.15) is 31.4 Å². The Hall–Kier alpha value is -6.48. The number of carbonyl (C=O) groups is 4. The Morgan fingerprint density at radius 2 is 0.986 bits per heavy atom. The molecule has 0 saturated carbocycles. The minimum atomic E-state index is -1.46. The van der Waals surface area contributed by atoms with Crippen molar-refractivity contribution in [2.24, 2.45) is 0 Å². The number of halogens is 1. The van der Waals surface area contributed by atoms with Crippen LogP contribution in [0.5, 0.6) is 23.0 Å². The first-order valence-corrected chi connectivity index (χ1v) is 31.4. The standard InChI is InChI=1S/C53H64FN5O10Si2/c1-64-46-26-40-42(58(32-66-20-22-70(3,4)5)52(62)44-24-36(30-56(44)50(40)60)34-10-14-38(54)15-11-34)28-48(46)68-18-9-19-69-49-29-43-41(27-47(49)65-2)51(61)57-31-37(35-12-16-39(55)17-13-35)25-45(57)53(63)59(43)33-67-21-23-71(6,7)8/h10-17,26-31,44-45H,9,18-25,32-33,55H2,1-8H3/t44-,45-/m0/s1. The molecule has 4 aromatic carbocycles. The van der Waals surface area contributed by atoms with Crippen molar-refractivity contribution in [3.05, 3.63) is 113 Å². The zero-order valence-corrected chi connectivity index (χ0v) is 43.8. The van der Waals surface area contributed by atoms with E-state index in [1.165, 1.54) is 46.0 Å². The maximum Gasteiger partial charge on any atom is 0.260 e. The van der Waals surface area contributed by atoms with Crippen molar-refractivity contribution in [1.29, 1.82) is 0 Å². The molecule has 0 unspecified atom stereocenters. The second-order valence-corrected chi connectivity index (χ2v) is 31.9. The fraction of sp³-hybridized carbons (Fsp3) is 0.396. The molecule has 0 saturated heterocycles. The summed E-state index contributed by atoms with van der Waals surface area (Å²) in [5, 5.41) is 0. The van der Waals surface area contributed by atoms with Crippen LogP contribution in [0.1, 0.15) is 51.1 Å². The molecule has 8 rings (SSSR count). The second-order valence-electron chi connectivity index (χ2n) is 20.6. The van der Waals surface area contributed by atoms with Crippen LogP contribution in [0.25, 0.3) is 11.1 Å². The summed E-state index contributed by atoms with van der Waals surface area (Å²) in [6, 6.07) is 20.0. The third kappa shape index (κ3) is 11.4. The first kappa shape index (κ1) is 50.9. The third-order valence-electron chi connectivity index (χ3n) is 13.0. The lowest BCUT2D eigenvalue weighted by Gasteiger charge is -2.27. The lowest BCUT2D eigenvalue weighted by Crippen LogP contribution is -2.45. The summed E-state index contributed by atoms with van der Waals surface area (Å²) in [6.45, 7) is 14.6. The number of hydrogen-bond donors (Lipinski definition) is 1. The molecule has 0 fully saturated rings. The molecule has 15 nitrogen and oxygen atoms in total. The number of nitrogens with zero attached hydrogens (tertiary/aromatic N) is 4. The van der Waals surface area contributed by atoms with Crippen molar-refractivity contribution in [3.8, 4) is 23.0 Å². The monoisotopic (exact) mass is 1010 g/mol. The summed E-state index contributed by atoms with van der Waals surface area (Å²) in [7, 11) is 0.0575. The molecular formula is C53H64FN5O10Si2. The lowest BCUT2D eigenvalue weighted by atomic mass is 10.0. The fourth-order valence-electron chi connectivity index (χ4n) is 8.86. The van der Waals surface area contributed by atoms with Crippen LogP contribution in [0.15, 0.2) is 85.2 Å². The van der Waals surface area contributed by atoms with E-state index in [1.807, 2.05) is 12.1 Å². The highest BCUT2D eigenvalue weighted by molar-refractivity contribution is 6.76. The van der Waals surface area contributed by atoms with Gasteiger partial charge in [0, 0.05) is 78.8 Å². The van der Waals surface area contributed by atoms with Crippen molar-refractivity contribution in [1.82, 2.24) is 9.80 Å². The van der Waals surface area contributed by atoms with Crippen molar-refractivity contribution >= 4 is 68.0 Å². The van der Waals surface area contributed by atoms with E-state index in [4.69, 9.17) is 34.2 Å². The number of carbonyl (C=O) groups excluding carboxylic acids is 4. The average Bonchev–Trinajstić information content (AvgIpc) is 3.96. The van der Waals surface area contributed by atoms with Gasteiger partial charge in [-0.2, -0.15) is 0 Å². The number of fused-ring (bicyclic) bond motifs is 4. The van der Waals surface area contributed by atoms with Gasteiger partial charge in [-0.05, 0) is 70.8 Å². The highest BCUT2D eigenvalue weighted by atomic mass is 28.3. The first-order chi connectivity index (χ1) is 33.8. The van der Waals surface area contributed by atoms with Crippen molar-refractivity contribution < 1.29 is 52.0 Å². The van der Waals surface area contributed by atoms with Gasteiger partial charge in [0.05, 0.1) is 49.9 Å². The van der Waals surface area contributed by atoms with E-state index in [-0.39, 0.29) is 73.5 Å². The van der Waals surface area contributed by atoms with Gasteiger partial charge in [-0.3, -0.25) is 29.0 Å². The zero-order valence-electron chi connectivity index (χ0n) is 41.8. The SMILES string of the molecule is COc1cc2c(cc1OCCCOc1cc3c(cc1OC)C(=O)N1C=C(c4ccc(F)cc4)C[C@H]1C(=O)N3COCC[Si](C)(C)C)N(COCC[Si](C)(C)C)C(=O)[C@@H]1CC(c3ccc(N)cc3)=CN1C2=O. The van der Waals surface area contributed by atoms with Gasteiger partial charge in [-0.1, -0.05) is 63.5 Å². The predicted molar refractivity (Wildman–Crippen MR) is 277 cm³/mol. The summed E-state index contributed by atoms with van der Waals surface area (Å²) in [4.78, 5) is 63.9. The molecule has 71 heavy (non-hydrogen) atoms. The zero-order chi connectivity index (χ0) is 50.8. The van der Waals surface area contributed by atoms with Gasteiger partial charge < -0.3 is 44.0 Å². The van der Waals surface area contributed by atoms with Gasteiger partial charge in [-0.15, -0.1) is 0 Å². The van der Waals surface area contributed by atoms with E-state index in [9.17, 15) is 23.6 Å². The van der Waals surface area contributed by atoms with Gasteiger partial charge >= 0.3 is 0 Å². The average molecular weight is 1010 g/mol. The Morgan fingerprint density at radius 1 is 0.577 bits per heavy atom. The van der Waals surface area contributed by atoms with E-state index >= 15 is 0 Å². The molecule has 4 amide bonds. The Bertz CT molecular complexity index is 2550. The number of anilines is 3. The van der Waals surface area contributed by atoms with Crippen LogP contribution in [0.3, 0.4) is 0 Å². The molecule has 4 heterocycles. The van der Waals surface area contributed by atoms with Crippen LogP contribution in [0, 0.1) is 5.82 Å². The first-order valence-electron chi connectivity index (χ1n) is 24.0. The molecule has 0 bridgehead atoms. The quantitative estimate of drug-likeness (QED) is 0.0511. The Morgan fingerprint density at radius 3 is 1.38 bits per heavy atom. The van der Waals surface area contributed by atoms with Gasteiger partial charge in [0.15, 0.2) is 23.0 Å². The predicted octanol–water partition coefficient (Wildman–Crippen LogP) is 9.10. The van der Waals surface area contributed by atoms with Crippen LogP contribution < -0.4 is 34.5 Å². The summed E-state index contributed by atoms with van der Waals surface area (Å²) in [6.07, 6.45) is 4.34. The van der Waals surface area contributed by atoms with Crippen LogP contribution in [0.4, 0.5) is 21.5 Å². The van der Waals surface area contributed by atoms with Gasteiger partial charge in [-0.25, -0.2) is 4.39 Å². The molecule has 0 aliphatic carbocycles. The van der Waals surface area contributed by atoms with Gasteiger partial charge in [0.25, 0.3) is 23.6 Å². The highest BCUT2D eigenvalue weighted by Gasteiger charge is 2.45. The maximum atomic E-state index is 14.5. The number of nitrogens with two attached hydrogens (primary N) is 1. The number of methoxy groups -OCH3 is 2. The molecule has 2 atom stereocenters. The Kier molecular flexibility index (Phi) is 15.1. The van der Waals surface area contributed by atoms with E-state index in [0.717, 1.165) is 34.4 Å².